The molecule has 0 saturated heterocycles. The molecule has 0 bridgehead atoms. The second-order valence-electron chi connectivity index (χ2n) is 24.2. The first-order valence-corrected chi connectivity index (χ1v) is 36.4. The van der Waals surface area contributed by atoms with Crippen LogP contribution in [0, 0.1) is 0 Å². The molecule has 0 aliphatic carbocycles. The Morgan fingerprint density at radius 3 is 1.02 bits per heavy atom. The molecule has 0 aromatic carbocycles. The van der Waals surface area contributed by atoms with Crippen molar-refractivity contribution >= 4 is 19.8 Å². The second kappa shape index (κ2) is 65.6. The van der Waals surface area contributed by atoms with Gasteiger partial charge in [0.25, 0.3) is 7.82 Å². The lowest BCUT2D eigenvalue weighted by Gasteiger charge is -2.28. The lowest BCUT2D eigenvalue weighted by atomic mass is 10.0. The van der Waals surface area contributed by atoms with Gasteiger partial charge in [-0.1, -0.05) is 289 Å². The normalized spacial score (nSPS) is 14.0. The maximum absolute atomic E-state index is 12.8. The molecule has 9 nitrogen and oxygen atoms in total. The summed E-state index contributed by atoms with van der Waals surface area (Å²) < 4.78 is 34.2. The van der Waals surface area contributed by atoms with Crippen molar-refractivity contribution in [1.82, 2.24) is 0 Å². The summed E-state index contributed by atoms with van der Waals surface area (Å²) in [5.74, 6) is -0.885. The first-order valence-electron chi connectivity index (χ1n) is 34.9. The average molecular weight is 1220 g/mol. The third-order valence-electron chi connectivity index (χ3n) is 14.7. The predicted octanol–water partition coefficient (Wildman–Crippen LogP) is 22.2. The smallest absolute Gasteiger partial charge is 0.306 e. The minimum atomic E-state index is -4.66. The van der Waals surface area contributed by atoms with Crippen molar-refractivity contribution in [3.05, 3.63) is 134 Å². The number of rotatable bonds is 63. The van der Waals surface area contributed by atoms with Crippen LogP contribution in [-0.2, 0) is 32.7 Å². The minimum absolute atomic E-state index is 0.0456. The van der Waals surface area contributed by atoms with Crippen molar-refractivity contribution in [3.8, 4) is 0 Å². The number of nitrogens with zero attached hydrogens (tertiary/aromatic N) is 1. The Hall–Kier alpha value is -3.85. The highest BCUT2D eigenvalue weighted by Gasteiger charge is 2.22. The Balaban J connectivity index is 4.18. The maximum atomic E-state index is 12.8. The van der Waals surface area contributed by atoms with Gasteiger partial charge in [0.15, 0.2) is 6.10 Å². The molecular weight excluding hydrogens is 1090 g/mol. The lowest BCUT2D eigenvalue weighted by Crippen LogP contribution is -2.37. The van der Waals surface area contributed by atoms with E-state index in [-0.39, 0.29) is 26.1 Å². The molecule has 0 N–H and O–H groups in total. The van der Waals surface area contributed by atoms with Crippen LogP contribution < -0.4 is 4.89 Å². The third-order valence-corrected chi connectivity index (χ3v) is 15.6. The Morgan fingerprint density at radius 2 is 0.663 bits per heavy atom. The highest BCUT2D eigenvalue weighted by atomic mass is 31.2. The Bertz CT molecular complexity index is 1910. The largest absolute Gasteiger partial charge is 0.756 e. The van der Waals surface area contributed by atoms with Gasteiger partial charge in [-0.3, -0.25) is 14.2 Å². The molecule has 0 amide bonds. The summed E-state index contributed by atoms with van der Waals surface area (Å²) in [6.07, 6.45) is 95.4. The molecule has 0 fully saturated rings. The van der Waals surface area contributed by atoms with E-state index in [1.165, 1.54) is 154 Å². The van der Waals surface area contributed by atoms with Crippen LogP contribution in [0.1, 0.15) is 284 Å². The topological polar surface area (TPSA) is 111 Å². The van der Waals surface area contributed by atoms with Crippen LogP contribution in [0.4, 0.5) is 0 Å². The summed E-state index contributed by atoms with van der Waals surface area (Å²) in [5, 5.41) is 0. The fourth-order valence-electron chi connectivity index (χ4n) is 9.33. The van der Waals surface area contributed by atoms with Gasteiger partial charge in [-0.2, -0.15) is 0 Å². The Kier molecular flexibility index (Phi) is 62.7. The van der Waals surface area contributed by atoms with Crippen LogP contribution in [0.2, 0.25) is 0 Å². The van der Waals surface area contributed by atoms with E-state index in [9.17, 15) is 19.0 Å². The molecule has 0 radical (unpaired) electrons. The number of allylic oxidation sites excluding steroid dienone is 22. The molecule has 0 aromatic heterocycles. The Labute approximate surface area is 530 Å². The van der Waals surface area contributed by atoms with Crippen molar-refractivity contribution in [3.63, 3.8) is 0 Å². The zero-order chi connectivity index (χ0) is 62.6. The molecule has 0 heterocycles. The summed E-state index contributed by atoms with van der Waals surface area (Å²) in [6, 6.07) is 0. The van der Waals surface area contributed by atoms with Gasteiger partial charge < -0.3 is 27.9 Å². The van der Waals surface area contributed by atoms with Crippen LogP contribution in [0.25, 0.3) is 0 Å². The highest BCUT2D eigenvalue weighted by Crippen LogP contribution is 2.38. The van der Waals surface area contributed by atoms with E-state index < -0.39 is 32.5 Å². The van der Waals surface area contributed by atoms with Gasteiger partial charge in [0, 0.05) is 12.8 Å². The lowest BCUT2D eigenvalue weighted by molar-refractivity contribution is -0.870. The molecule has 2 atom stereocenters. The van der Waals surface area contributed by atoms with Crippen LogP contribution in [0.3, 0.4) is 0 Å². The molecule has 86 heavy (non-hydrogen) atoms. The van der Waals surface area contributed by atoms with Crippen LogP contribution in [-0.4, -0.2) is 70.0 Å². The first kappa shape index (κ1) is 82.1. The molecule has 0 saturated carbocycles. The monoisotopic (exact) mass is 1220 g/mol. The van der Waals surface area contributed by atoms with E-state index in [0.29, 0.717) is 17.4 Å². The van der Waals surface area contributed by atoms with Gasteiger partial charge in [0.2, 0.25) is 0 Å². The third kappa shape index (κ3) is 69.3. The second-order valence-corrected chi connectivity index (χ2v) is 25.6. The zero-order valence-corrected chi connectivity index (χ0v) is 56.9. The summed E-state index contributed by atoms with van der Waals surface area (Å²) in [5.41, 5.74) is 0. The van der Waals surface area contributed by atoms with Gasteiger partial charge in [-0.05, 0) is 116 Å². The number of phosphoric acid groups is 1. The zero-order valence-electron chi connectivity index (χ0n) is 56.0. The molecule has 0 spiro atoms. The summed E-state index contributed by atoms with van der Waals surface area (Å²) >= 11 is 0. The minimum Gasteiger partial charge on any atom is -0.756 e. The quantitative estimate of drug-likeness (QED) is 0.0195. The van der Waals surface area contributed by atoms with Gasteiger partial charge in [-0.15, -0.1) is 0 Å². The molecule has 2 unspecified atom stereocenters. The van der Waals surface area contributed by atoms with E-state index in [1.54, 1.807) is 0 Å². The number of hydrogen-bond acceptors (Lipinski definition) is 8. The number of unbranched alkanes of at least 4 members (excludes halogenated alkanes) is 27. The molecular formula is C76H130NO8P. The van der Waals surface area contributed by atoms with Gasteiger partial charge in [-0.25, -0.2) is 0 Å². The number of quaternary nitrogens is 1. The molecule has 10 heteroatoms. The summed E-state index contributed by atoms with van der Waals surface area (Å²) in [4.78, 5) is 38.0. The molecule has 492 valence electrons. The van der Waals surface area contributed by atoms with E-state index in [4.69, 9.17) is 18.5 Å². The molecule has 0 rings (SSSR count). The molecule has 0 aliphatic rings. The average Bonchev–Trinajstić information content (AvgIpc) is 3.70. The van der Waals surface area contributed by atoms with Crippen molar-refractivity contribution in [2.45, 2.75) is 290 Å². The number of carbonyl (C=O) groups is 2. The van der Waals surface area contributed by atoms with Gasteiger partial charge in [0.1, 0.15) is 19.8 Å². The summed E-state index contributed by atoms with van der Waals surface area (Å²) in [6.45, 7) is 4.09. The number of carbonyl (C=O) groups excluding carboxylic acids is 2. The first-order chi connectivity index (χ1) is 42.0. The fraction of sp³-hybridized carbons (Fsp3) is 0.684. The predicted molar refractivity (Wildman–Crippen MR) is 369 cm³/mol. The van der Waals surface area contributed by atoms with Gasteiger partial charge in [0.05, 0.1) is 27.7 Å². The van der Waals surface area contributed by atoms with E-state index >= 15 is 0 Å². The van der Waals surface area contributed by atoms with Crippen molar-refractivity contribution in [2.24, 2.45) is 0 Å². The number of phosphoric ester groups is 1. The van der Waals surface area contributed by atoms with Gasteiger partial charge >= 0.3 is 11.9 Å². The number of likely N-dealkylation sites (N-methyl/N-ethyl adjacent to an activating group) is 1. The SMILES string of the molecule is CC/C=C\C/C=C\C/C=C\C/C=C\C/C=C\C/C=C\C/C=C\C/C=C\C/C=C\C/C=C\CCCCC(=O)OC(COC(=O)CCCCCCCCCCCCCCCCCCC/C=C\CCCCCCCCCC)COP(=O)([O-])OCC[N+](C)(C)C. The summed E-state index contributed by atoms with van der Waals surface area (Å²) in [7, 11) is 1.13. The number of hydrogen-bond donors (Lipinski definition) is 0. The van der Waals surface area contributed by atoms with Crippen LogP contribution in [0.15, 0.2) is 134 Å². The highest BCUT2D eigenvalue weighted by molar-refractivity contribution is 7.45. The van der Waals surface area contributed by atoms with E-state index in [2.05, 4.69) is 148 Å². The number of ether oxygens (including phenoxy) is 2. The van der Waals surface area contributed by atoms with Crippen LogP contribution in [0.5, 0.6) is 0 Å². The van der Waals surface area contributed by atoms with Crippen LogP contribution >= 0.6 is 7.82 Å². The number of esters is 2. The standard InChI is InChI=1S/C76H130NO8P/c1-6-8-10-12-14-16-18-20-22-24-26-28-30-32-34-36-37-38-39-41-43-45-47-49-51-53-55-57-59-61-63-65-67-69-76(79)85-74(73-84-86(80,81)83-71-70-77(3,4)5)72-82-75(78)68-66-64-62-60-58-56-54-52-50-48-46-44-42-40-35-33-31-29-27-25-23-21-19-17-15-13-11-9-7-2/h8,10,14,16,20,22,25-28,32,34,37-38,41,43,47,49,53,55,59,61,74H,6-7,9,11-13,15,17-19,21,23-24,29-31,33,35-36,39-40,42,44-46,48,50-52,54,56-58,60,62-73H2,1-5H3/b10-8-,16-14-,22-20-,27-25-,28-26-,34-32-,38-37-,43-41-,49-47-,55-53-,61-59-. The maximum Gasteiger partial charge on any atom is 0.306 e. The van der Waals surface area contributed by atoms with Crippen molar-refractivity contribution in [2.75, 3.05) is 47.5 Å². The van der Waals surface area contributed by atoms with Crippen molar-refractivity contribution < 1.29 is 42.1 Å². The van der Waals surface area contributed by atoms with E-state index in [0.717, 1.165) is 96.3 Å². The van der Waals surface area contributed by atoms with E-state index in [1.807, 2.05) is 21.1 Å². The van der Waals surface area contributed by atoms with Crippen molar-refractivity contribution in [1.29, 1.82) is 0 Å². The molecule has 0 aliphatic heterocycles. The Morgan fingerprint density at radius 1 is 0.372 bits per heavy atom. The molecule has 0 aromatic rings. The fourth-order valence-corrected chi connectivity index (χ4v) is 10.1.